The molecule has 2 aromatic heterocycles. The number of anilines is 1. The summed E-state index contributed by atoms with van der Waals surface area (Å²) >= 11 is 0. The first kappa shape index (κ1) is 30.7. The predicted molar refractivity (Wildman–Crippen MR) is 164 cm³/mol. The van der Waals surface area contributed by atoms with Crippen molar-refractivity contribution in [2.75, 3.05) is 64.8 Å². The van der Waals surface area contributed by atoms with Gasteiger partial charge in [0, 0.05) is 63.3 Å². The van der Waals surface area contributed by atoms with Gasteiger partial charge in [-0.1, -0.05) is 6.07 Å². The number of carbonyl (C=O) groups is 2. The minimum Gasteiger partial charge on any atom is -0.497 e. The van der Waals surface area contributed by atoms with E-state index in [9.17, 15) is 18.0 Å². The van der Waals surface area contributed by atoms with Gasteiger partial charge in [-0.2, -0.15) is 12.7 Å². The Labute approximate surface area is 262 Å². The van der Waals surface area contributed by atoms with Crippen LogP contribution < -0.4 is 13.8 Å². The molecular weight excluding hydrogens is 600 g/mol. The molecule has 0 N–H and O–H groups in total. The number of piperidine rings is 1. The van der Waals surface area contributed by atoms with Gasteiger partial charge in [0.15, 0.2) is 5.03 Å². The number of likely N-dealkylation sites (tertiary alicyclic amines) is 1. The lowest BCUT2D eigenvalue weighted by Gasteiger charge is -2.42. The van der Waals surface area contributed by atoms with Crippen LogP contribution in [0.25, 0.3) is 0 Å². The summed E-state index contributed by atoms with van der Waals surface area (Å²) in [6, 6.07) is 12.3. The number of amides is 2. The topological polar surface area (TPSA) is 135 Å². The number of rotatable bonds is 7. The van der Waals surface area contributed by atoms with Gasteiger partial charge in [0.1, 0.15) is 5.75 Å². The fraction of sp³-hybridized carbons (Fsp3) is 0.419. The van der Waals surface area contributed by atoms with Crippen LogP contribution in [-0.4, -0.2) is 112 Å². The zero-order valence-corrected chi connectivity index (χ0v) is 26.3. The van der Waals surface area contributed by atoms with Crippen molar-refractivity contribution in [2.24, 2.45) is 0 Å². The highest BCUT2D eigenvalue weighted by atomic mass is 32.2. The number of ether oxygens (including phenoxy) is 3. The van der Waals surface area contributed by atoms with Gasteiger partial charge >= 0.3 is 6.09 Å². The Morgan fingerprint density at radius 1 is 0.889 bits per heavy atom. The minimum absolute atomic E-state index is 0.000987. The molecule has 3 aromatic rings. The number of nitrogens with zero attached hydrogens (tertiary/aromatic N) is 6. The average molecular weight is 637 g/mol. The summed E-state index contributed by atoms with van der Waals surface area (Å²) in [6.07, 6.45) is 3.54. The van der Waals surface area contributed by atoms with Crippen LogP contribution >= 0.6 is 0 Å². The Balaban J connectivity index is 1.41. The van der Waals surface area contributed by atoms with Crippen molar-refractivity contribution in [3.63, 3.8) is 0 Å². The van der Waals surface area contributed by atoms with E-state index in [0.29, 0.717) is 29.2 Å². The van der Waals surface area contributed by atoms with E-state index < -0.39 is 27.6 Å². The number of aromatic nitrogens is 2. The second-order valence-electron chi connectivity index (χ2n) is 11.3. The first-order valence-electron chi connectivity index (χ1n) is 14.8. The Hall–Kier alpha value is -4.27. The van der Waals surface area contributed by atoms with Gasteiger partial charge in [-0.3, -0.25) is 9.69 Å². The molecule has 14 heteroatoms. The molecule has 0 spiro atoms. The zero-order chi connectivity index (χ0) is 31.8. The first-order valence-corrected chi connectivity index (χ1v) is 16.2. The highest BCUT2D eigenvalue weighted by Crippen LogP contribution is 2.52. The highest BCUT2D eigenvalue weighted by Gasteiger charge is 2.61. The van der Waals surface area contributed by atoms with Crippen LogP contribution in [0.1, 0.15) is 24.0 Å². The summed E-state index contributed by atoms with van der Waals surface area (Å²) in [5.74, 6) is -0.698. The third-order valence-corrected chi connectivity index (χ3v) is 10.4. The molecule has 0 radical (unpaired) electrons. The predicted octanol–water partition coefficient (Wildman–Crippen LogP) is 2.32. The molecule has 238 valence electrons. The summed E-state index contributed by atoms with van der Waals surface area (Å²) in [7, 11) is 0.390. The quantitative estimate of drug-likeness (QED) is 0.378. The average Bonchev–Trinajstić information content (AvgIpc) is 3.32. The van der Waals surface area contributed by atoms with Crippen molar-refractivity contribution in [3.8, 4) is 11.6 Å². The highest BCUT2D eigenvalue weighted by molar-refractivity contribution is 7.93. The van der Waals surface area contributed by atoms with E-state index in [0.717, 1.165) is 39.0 Å². The number of methoxy groups -OCH3 is 2. The summed E-state index contributed by atoms with van der Waals surface area (Å²) < 4.78 is 46.0. The van der Waals surface area contributed by atoms with Crippen LogP contribution in [-0.2, 0) is 25.2 Å². The molecule has 1 unspecified atom stereocenters. The number of piperazine rings is 1. The molecule has 45 heavy (non-hydrogen) atoms. The molecule has 3 aliphatic rings. The second-order valence-corrected chi connectivity index (χ2v) is 13.0. The van der Waals surface area contributed by atoms with Crippen molar-refractivity contribution in [1.82, 2.24) is 24.7 Å². The van der Waals surface area contributed by atoms with Gasteiger partial charge in [0.25, 0.3) is 21.5 Å². The third kappa shape index (κ3) is 5.36. The molecular formula is C31H36N6O7S. The van der Waals surface area contributed by atoms with Crippen LogP contribution in [0.3, 0.4) is 0 Å². The molecule has 3 aliphatic heterocycles. The minimum atomic E-state index is -4.55. The first-order chi connectivity index (χ1) is 21.7. The molecule has 6 rings (SSSR count). The van der Waals surface area contributed by atoms with Gasteiger partial charge in [0.2, 0.25) is 5.88 Å². The lowest BCUT2D eigenvalue weighted by Crippen LogP contribution is -2.54. The van der Waals surface area contributed by atoms with E-state index in [4.69, 9.17) is 14.2 Å². The fourth-order valence-electron chi connectivity index (χ4n) is 6.33. The van der Waals surface area contributed by atoms with E-state index in [-0.39, 0.29) is 27.7 Å². The second kappa shape index (κ2) is 12.3. The zero-order valence-electron chi connectivity index (χ0n) is 25.5. The lowest BCUT2D eigenvalue weighted by molar-refractivity contribution is -0.132. The molecule has 1 aromatic carbocycles. The molecule has 0 saturated carbocycles. The molecule has 5 heterocycles. The maximum absolute atomic E-state index is 14.8. The number of sulfonamides is 1. The molecule has 13 nitrogen and oxygen atoms in total. The molecule has 2 fully saturated rings. The maximum atomic E-state index is 14.8. The van der Waals surface area contributed by atoms with Gasteiger partial charge in [-0.05, 0) is 62.4 Å². The van der Waals surface area contributed by atoms with Gasteiger partial charge < -0.3 is 24.0 Å². The maximum Gasteiger partial charge on any atom is 0.411 e. The number of pyridine rings is 2. The molecule has 0 bridgehead atoms. The molecule has 2 saturated heterocycles. The number of hydrogen-bond donors (Lipinski definition) is 0. The normalized spacial score (nSPS) is 21.4. The largest absolute Gasteiger partial charge is 0.497 e. The summed E-state index contributed by atoms with van der Waals surface area (Å²) in [4.78, 5) is 43.4. The van der Waals surface area contributed by atoms with E-state index in [1.165, 1.54) is 63.0 Å². The standard InChI is InChI=1S/C31H36N6O7S/c1-34-17-19-35(20-18-34)22-11-15-36(16-12-22)30(39)44-31(24-7-6-14-33-28(24)43-3)25-21-23(42-2)9-10-26(25)37(29(31)38)45(40,41)27-8-4-5-13-32-27/h4-10,13-14,21-22H,11-12,15-20H2,1-3H3. The van der Waals surface area contributed by atoms with Crippen LogP contribution in [0.4, 0.5) is 10.5 Å². The van der Waals surface area contributed by atoms with E-state index in [2.05, 4.69) is 26.8 Å². The number of hydrogen-bond acceptors (Lipinski definition) is 11. The summed E-state index contributed by atoms with van der Waals surface area (Å²) in [5.41, 5.74) is -2.10. The lowest BCUT2D eigenvalue weighted by atomic mass is 9.87. The fourth-order valence-corrected chi connectivity index (χ4v) is 7.73. The Morgan fingerprint density at radius 2 is 1.62 bits per heavy atom. The van der Waals surface area contributed by atoms with E-state index in [1.54, 1.807) is 17.0 Å². The SMILES string of the molecule is COc1ccc2c(c1)C(OC(=O)N1CCC(N3CCN(C)CC3)CC1)(c1cccnc1OC)C(=O)N2S(=O)(=O)c1ccccn1. The molecule has 0 aliphatic carbocycles. The van der Waals surface area contributed by atoms with Crippen LogP contribution in [0.5, 0.6) is 11.6 Å². The Bertz CT molecular complexity index is 1670. The van der Waals surface area contributed by atoms with Gasteiger partial charge in [-0.15, -0.1) is 0 Å². The number of likely N-dealkylation sites (N-methyl/N-ethyl adjacent to an activating group) is 1. The number of benzene rings is 1. The van der Waals surface area contributed by atoms with Crippen molar-refractivity contribution in [1.29, 1.82) is 0 Å². The van der Waals surface area contributed by atoms with E-state index in [1.807, 2.05) is 0 Å². The van der Waals surface area contributed by atoms with Crippen LogP contribution in [0, 0.1) is 0 Å². The Morgan fingerprint density at radius 3 is 2.29 bits per heavy atom. The van der Waals surface area contributed by atoms with Crippen molar-refractivity contribution >= 4 is 27.7 Å². The van der Waals surface area contributed by atoms with Crippen LogP contribution in [0.2, 0.25) is 0 Å². The molecule has 1 atom stereocenters. The summed E-state index contributed by atoms with van der Waals surface area (Å²) in [5, 5.41) is -0.341. The van der Waals surface area contributed by atoms with Gasteiger partial charge in [-0.25, -0.2) is 14.8 Å². The number of fused-ring (bicyclic) bond motifs is 1. The third-order valence-electron chi connectivity index (χ3n) is 8.79. The van der Waals surface area contributed by atoms with Crippen molar-refractivity contribution < 1.29 is 32.2 Å². The monoisotopic (exact) mass is 636 g/mol. The Kier molecular flexibility index (Phi) is 8.37. The van der Waals surface area contributed by atoms with Crippen LogP contribution in [0.15, 0.2) is 66.0 Å². The van der Waals surface area contributed by atoms with Gasteiger partial charge in [0.05, 0.1) is 25.5 Å². The van der Waals surface area contributed by atoms with E-state index >= 15 is 0 Å². The molecule has 2 amide bonds. The van der Waals surface area contributed by atoms with Crippen molar-refractivity contribution in [2.45, 2.75) is 29.5 Å². The number of carbonyl (C=O) groups excluding carboxylic acids is 2. The van der Waals surface area contributed by atoms with Crippen molar-refractivity contribution in [3.05, 3.63) is 72.1 Å². The smallest absolute Gasteiger partial charge is 0.411 e. The summed E-state index contributed by atoms with van der Waals surface area (Å²) in [6.45, 7) is 4.80.